The standard InChI is InChI=1S/C19H28N2/c1-6-19(4,5)21(17-10-8-7-9-11-17)18-13-12-16(14-20-18)15(2)3/h7-15,18,20H,6H2,1-5H3. The van der Waals surface area contributed by atoms with E-state index in [2.05, 4.69) is 93.5 Å². The average molecular weight is 284 g/mol. The van der Waals surface area contributed by atoms with Crippen molar-refractivity contribution in [2.24, 2.45) is 5.92 Å². The zero-order valence-electron chi connectivity index (χ0n) is 13.9. The van der Waals surface area contributed by atoms with Gasteiger partial charge in [-0.25, -0.2) is 0 Å². The first-order chi connectivity index (χ1) is 9.95. The molecule has 1 heterocycles. The van der Waals surface area contributed by atoms with E-state index in [-0.39, 0.29) is 11.7 Å². The minimum absolute atomic E-state index is 0.0898. The van der Waals surface area contributed by atoms with Gasteiger partial charge in [0, 0.05) is 17.4 Å². The number of nitrogens with zero attached hydrogens (tertiary/aromatic N) is 1. The van der Waals surface area contributed by atoms with Crippen molar-refractivity contribution in [3.8, 4) is 0 Å². The summed E-state index contributed by atoms with van der Waals surface area (Å²) in [6.07, 6.45) is 7.99. The zero-order chi connectivity index (χ0) is 15.5. The molecule has 0 amide bonds. The summed E-state index contributed by atoms with van der Waals surface area (Å²) in [4.78, 5) is 2.47. The smallest absolute Gasteiger partial charge is 0.119 e. The van der Waals surface area contributed by atoms with Gasteiger partial charge < -0.3 is 10.2 Å². The zero-order valence-corrected chi connectivity index (χ0v) is 13.9. The Hall–Kier alpha value is -1.70. The Balaban J connectivity index is 2.29. The van der Waals surface area contributed by atoms with Gasteiger partial charge in [0.05, 0.1) is 0 Å². The van der Waals surface area contributed by atoms with Crippen molar-refractivity contribution in [2.75, 3.05) is 4.90 Å². The van der Waals surface area contributed by atoms with Crippen LogP contribution in [0.4, 0.5) is 5.69 Å². The van der Waals surface area contributed by atoms with Crippen LogP contribution >= 0.6 is 0 Å². The van der Waals surface area contributed by atoms with Gasteiger partial charge in [0.1, 0.15) is 6.17 Å². The van der Waals surface area contributed by atoms with Crippen LogP contribution in [0.3, 0.4) is 0 Å². The SMILES string of the molecule is CCC(C)(C)N(c1ccccc1)C1C=CC(C(C)C)=CN1. The molecule has 0 radical (unpaired) electrons. The lowest BCUT2D eigenvalue weighted by molar-refractivity contribution is 0.403. The van der Waals surface area contributed by atoms with Crippen LogP contribution in [0, 0.1) is 5.92 Å². The van der Waals surface area contributed by atoms with Crippen LogP contribution in [-0.4, -0.2) is 11.7 Å². The van der Waals surface area contributed by atoms with Gasteiger partial charge in [0.2, 0.25) is 0 Å². The van der Waals surface area contributed by atoms with E-state index in [1.165, 1.54) is 11.3 Å². The molecule has 0 saturated carbocycles. The van der Waals surface area contributed by atoms with Crippen molar-refractivity contribution < 1.29 is 0 Å². The first kappa shape index (κ1) is 15.7. The molecule has 0 saturated heterocycles. The molecule has 1 aliphatic heterocycles. The minimum atomic E-state index is 0.0898. The summed E-state index contributed by atoms with van der Waals surface area (Å²) >= 11 is 0. The Morgan fingerprint density at radius 3 is 2.33 bits per heavy atom. The lowest BCUT2D eigenvalue weighted by atomic mass is 9.95. The molecular weight excluding hydrogens is 256 g/mol. The molecule has 0 fully saturated rings. The maximum Gasteiger partial charge on any atom is 0.119 e. The second-order valence-electron chi connectivity index (χ2n) is 6.64. The van der Waals surface area contributed by atoms with E-state index in [1.54, 1.807) is 0 Å². The van der Waals surface area contributed by atoms with E-state index in [9.17, 15) is 0 Å². The predicted molar refractivity (Wildman–Crippen MR) is 92.3 cm³/mol. The molecule has 1 N–H and O–H groups in total. The lowest BCUT2D eigenvalue weighted by Gasteiger charge is -2.45. The van der Waals surface area contributed by atoms with E-state index in [4.69, 9.17) is 0 Å². The van der Waals surface area contributed by atoms with Gasteiger partial charge in [-0.2, -0.15) is 0 Å². The van der Waals surface area contributed by atoms with Crippen LogP contribution in [0.2, 0.25) is 0 Å². The molecule has 2 rings (SSSR count). The second-order valence-corrected chi connectivity index (χ2v) is 6.64. The number of hydrogen-bond donors (Lipinski definition) is 1. The number of para-hydroxylation sites is 1. The topological polar surface area (TPSA) is 15.3 Å². The molecule has 0 spiro atoms. The van der Waals surface area contributed by atoms with Crippen LogP contribution in [0.15, 0.2) is 54.3 Å². The molecule has 2 nitrogen and oxygen atoms in total. The third-order valence-corrected chi connectivity index (χ3v) is 4.39. The summed E-state index contributed by atoms with van der Waals surface area (Å²) in [6, 6.07) is 10.7. The minimum Gasteiger partial charge on any atom is -0.368 e. The maximum atomic E-state index is 3.57. The van der Waals surface area contributed by atoms with E-state index in [0.717, 1.165) is 6.42 Å². The second kappa shape index (κ2) is 6.38. The summed E-state index contributed by atoms with van der Waals surface area (Å²) in [6.45, 7) is 11.3. The van der Waals surface area contributed by atoms with E-state index in [1.807, 2.05) is 0 Å². The van der Waals surface area contributed by atoms with Gasteiger partial charge in [0.15, 0.2) is 0 Å². The molecule has 21 heavy (non-hydrogen) atoms. The summed E-state index contributed by atoms with van der Waals surface area (Å²) in [5, 5.41) is 3.57. The van der Waals surface area contributed by atoms with E-state index >= 15 is 0 Å². The Morgan fingerprint density at radius 1 is 1.19 bits per heavy atom. The Labute approximate surface area is 129 Å². The van der Waals surface area contributed by atoms with Crippen LogP contribution in [-0.2, 0) is 0 Å². The molecule has 1 aromatic rings. The molecular formula is C19H28N2. The normalized spacial score (nSPS) is 18.4. The van der Waals surface area contributed by atoms with Crippen molar-refractivity contribution in [2.45, 2.75) is 52.7 Å². The first-order valence-electron chi connectivity index (χ1n) is 7.94. The van der Waals surface area contributed by atoms with Gasteiger partial charge >= 0.3 is 0 Å². The summed E-state index contributed by atoms with van der Waals surface area (Å²) in [5.41, 5.74) is 2.70. The van der Waals surface area contributed by atoms with Crippen LogP contribution in [0.5, 0.6) is 0 Å². The van der Waals surface area contributed by atoms with Gasteiger partial charge in [-0.3, -0.25) is 0 Å². The van der Waals surface area contributed by atoms with E-state index < -0.39 is 0 Å². The van der Waals surface area contributed by atoms with Crippen molar-refractivity contribution in [1.82, 2.24) is 5.32 Å². The fourth-order valence-electron chi connectivity index (χ4n) is 2.65. The number of allylic oxidation sites excluding steroid dienone is 2. The van der Waals surface area contributed by atoms with Gasteiger partial charge in [-0.05, 0) is 50.0 Å². The van der Waals surface area contributed by atoms with Crippen molar-refractivity contribution in [3.63, 3.8) is 0 Å². The van der Waals surface area contributed by atoms with Crippen LogP contribution in [0.25, 0.3) is 0 Å². The summed E-state index contributed by atoms with van der Waals surface area (Å²) in [7, 11) is 0. The quantitative estimate of drug-likeness (QED) is 0.842. The highest BCUT2D eigenvalue weighted by molar-refractivity contribution is 5.51. The molecule has 1 aliphatic rings. The van der Waals surface area contributed by atoms with Crippen molar-refractivity contribution in [3.05, 3.63) is 54.3 Å². The van der Waals surface area contributed by atoms with Gasteiger partial charge in [0.25, 0.3) is 0 Å². The van der Waals surface area contributed by atoms with Crippen molar-refractivity contribution in [1.29, 1.82) is 0 Å². The fraction of sp³-hybridized carbons (Fsp3) is 0.474. The highest BCUT2D eigenvalue weighted by Gasteiger charge is 2.30. The highest BCUT2D eigenvalue weighted by Crippen LogP contribution is 2.30. The Morgan fingerprint density at radius 2 is 1.86 bits per heavy atom. The van der Waals surface area contributed by atoms with Gasteiger partial charge in [-0.1, -0.05) is 45.0 Å². The lowest BCUT2D eigenvalue weighted by Crippen LogP contribution is -2.54. The molecule has 1 atom stereocenters. The van der Waals surface area contributed by atoms with Crippen LogP contribution in [0.1, 0.15) is 41.0 Å². The molecule has 0 bridgehead atoms. The largest absolute Gasteiger partial charge is 0.368 e. The third-order valence-electron chi connectivity index (χ3n) is 4.39. The van der Waals surface area contributed by atoms with Crippen molar-refractivity contribution >= 4 is 5.69 Å². The van der Waals surface area contributed by atoms with Crippen LogP contribution < -0.4 is 10.2 Å². The number of dihydropyridines is 1. The van der Waals surface area contributed by atoms with E-state index in [0.29, 0.717) is 5.92 Å². The molecule has 1 unspecified atom stereocenters. The fourth-order valence-corrected chi connectivity index (χ4v) is 2.65. The Kier molecular flexibility index (Phi) is 4.76. The average Bonchev–Trinajstić information content (AvgIpc) is 2.49. The maximum absolute atomic E-state index is 3.57. The monoisotopic (exact) mass is 284 g/mol. The molecule has 1 aromatic carbocycles. The number of nitrogens with one attached hydrogen (secondary N) is 1. The Bertz CT molecular complexity index is 512. The predicted octanol–water partition coefficient (Wildman–Crippen LogP) is 4.71. The number of anilines is 1. The number of benzene rings is 1. The highest BCUT2D eigenvalue weighted by atomic mass is 15.3. The van der Waals surface area contributed by atoms with Gasteiger partial charge in [-0.15, -0.1) is 0 Å². The summed E-state index contributed by atoms with van der Waals surface area (Å²) in [5.74, 6) is 0.555. The molecule has 0 aliphatic carbocycles. The molecule has 114 valence electrons. The third kappa shape index (κ3) is 3.49. The number of rotatable bonds is 5. The number of hydrogen-bond acceptors (Lipinski definition) is 2. The molecule has 0 aromatic heterocycles. The first-order valence-corrected chi connectivity index (χ1v) is 7.94. The summed E-state index contributed by atoms with van der Waals surface area (Å²) < 4.78 is 0. The molecule has 2 heteroatoms.